The summed E-state index contributed by atoms with van der Waals surface area (Å²) >= 11 is 0. The van der Waals surface area contributed by atoms with Crippen molar-refractivity contribution in [1.29, 1.82) is 0 Å². The van der Waals surface area contributed by atoms with Crippen LogP contribution in [0.5, 0.6) is 0 Å². The molecule has 0 amide bonds. The average Bonchev–Trinajstić information content (AvgIpc) is 2.90. The standard InChI is InChI=1S/C37H50NOPS/c1-35(2,3)41(39)38-34(31-9-5-4-6-10-31)32-11-7-8-12-33(32)40(36-19-25-13-26(20-36)15-27(14-25)21-36)37-22-28-16-29(23-37)18-30(17-28)24-37/h4-12,25-30,34,38H,13-24H2,1-3H3. The van der Waals surface area contributed by atoms with Crippen molar-refractivity contribution in [2.24, 2.45) is 35.5 Å². The summed E-state index contributed by atoms with van der Waals surface area (Å²) in [5.74, 6) is 5.85. The summed E-state index contributed by atoms with van der Waals surface area (Å²) < 4.78 is 17.2. The van der Waals surface area contributed by atoms with E-state index in [1.807, 2.05) is 0 Å². The predicted molar refractivity (Wildman–Crippen MR) is 174 cm³/mol. The van der Waals surface area contributed by atoms with Crippen LogP contribution >= 0.6 is 7.92 Å². The largest absolute Gasteiger partial charge is 0.242 e. The Morgan fingerprint density at radius 3 is 1.54 bits per heavy atom. The van der Waals surface area contributed by atoms with Gasteiger partial charge in [-0.3, -0.25) is 0 Å². The molecule has 0 aliphatic heterocycles. The first-order valence-electron chi connectivity index (χ1n) is 16.8. The summed E-state index contributed by atoms with van der Waals surface area (Å²) in [5, 5.41) is 2.74. The highest BCUT2D eigenvalue weighted by Gasteiger charge is 2.63. The highest BCUT2D eigenvalue weighted by molar-refractivity contribution is 7.84. The van der Waals surface area contributed by atoms with E-state index >= 15 is 0 Å². The minimum atomic E-state index is -1.15. The van der Waals surface area contributed by atoms with Gasteiger partial charge in [-0.05, 0) is 160 Å². The molecule has 10 rings (SSSR count). The Balaban J connectivity index is 1.30. The van der Waals surface area contributed by atoms with Gasteiger partial charge < -0.3 is 0 Å². The van der Waals surface area contributed by atoms with Crippen molar-refractivity contribution in [2.75, 3.05) is 0 Å². The van der Waals surface area contributed by atoms with E-state index in [0.717, 1.165) is 35.5 Å². The SMILES string of the molecule is CC(C)(C)S(=O)NC(c1ccccc1)c1ccccc1P(C12CC3CC(CC(C3)C1)C2)C12CC3CC(CC(C3)C1)C2. The zero-order valence-corrected chi connectivity index (χ0v) is 27.2. The lowest BCUT2D eigenvalue weighted by Gasteiger charge is -2.67. The molecule has 8 aliphatic carbocycles. The van der Waals surface area contributed by atoms with Crippen LogP contribution in [0.3, 0.4) is 0 Å². The fraction of sp³-hybridized carbons (Fsp3) is 0.676. The zero-order chi connectivity index (χ0) is 28.0. The van der Waals surface area contributed by atoms with E-state index in [9.17, 15) is 4.21 Å². The normalized spacial score (nSPS) is 41.0. The molecule has 8 aliphatic rings. The van der Waals surface area contributed by atoms with Gasteiger partial charge in [-0.15, -0.1) is 0 Å². The van der Waals surface area contributed by atoms with Gasteiger partial charge in [0.1, 0.15) is 0 Å². The number of nitrogens with one attached hydrogen (secondary N) is 1. The summed E-state index contributed by atoms with van der Waals surface area (Å²) in [6.45, 7) is 6.30. The molecule has 8 bridgehead atoms. The zero-order valence-electron chi connectivity index (χ0n) is 25.5. The lowest BCUT2D eigenvalue weighted by Crippen LogP contribution is -2.58. The molecule has 2 aromatic carbocycles. The number of benzene rings is 2. The molecule has 8 saturated carbocycles. The van der Waals surface area contributed by atoms with E-state index in [-0.39, 0.29) is 18.7 Å². The second kappa shape index (κ2) is 10.0. The van der Waals surface area contributed by atoms with Gasteiger partial charge >= 0.3 is 0 Å². The van der Waals surface area contributed by atoms with E-state index in [2.05, 4.69) is 80.1 Å². The van der Waals surface area contributed by atoms with Gasteiger partial charge in [0.25, 0.3) is 0 Å². The van der Waals surface area contributed by atoms with Gasteiger partial charge in [-0.25, -0.2) is 8.93 Å². The quantitative estimate of drug-likeness (QED) is 0.322. The average molecular weight is 588 g/mol. The highest BCUT2D eigenvalue weighted by Crippen LogP contribution is 2.78. The molecule has 0 heterocycles. The molecule has 4 heteroatoms. The molecule has 2 unspecified atom stereocenters. The lowest BCUT2D eigenvalue weighted by atomic mass is 9.55. The van der Waals surface area contributed by atoms with Gasteiger partial charge in [0, 0.05) is 0 Å². The molecule has 0 saturated heterocycles. The molecule has 2 nitrogen and oxygen atoms in total. The maximum atomic E-state index is 13.8. The summed E-state index contributed by atoms with van der Waals surface area (Å²) in [6.07, 6.45) is 18.1. The maximum absolute atomic E-state index is 13.8. The van der Waals surface area contributed by atoms with Crippen molar-refractivity contribution in [2.45, 2.75) is 119 Å². The molecule has 220 valence electrons. The van der Waals surface area contributed by atoms with Crippen LogP contribution < -0.4 is 10.0 Å². The Kier molecular flexibility index (Phi) is 6.71. The van der Waals surface area contributed by atoms with E-state index in [0.29, 0.717) is 10.3 Å². The van der Waals surface area contributed by atoms with Crippen LogP contribution in [0.25, 0.3) is 0 Å². The maximum Gasteiger partial charge on any atom is 0.0979 e. The second-order valence-electron chi connectivity index (χ2n) is 16.5. The topological polar surface area (TPSA) is 29.1 Å². The first-order chi connectivity index (χ1) is 19.7. The minimum absolute atomic E-state index is 0.0414. The first kappa shape index (κ1) is 27.5. The second-order valence-corrected chi connectivity index (χ2v) is 21.6. The van der Waals surface area contributed by atoms with Gasteiger partial charge in [0.15, 0.2) is 0 Å². The van der Waals surface area contributed by atoms with Gasteiger partial charge in [-0.2, -0.15) is 0 Å². The monoisotopic (exact) mass is 587 g/mol. The van der Waals surface area contributed by atoms with Crippen molar-refractivity contribution in [3.63, 3.8) is 0 Å². The molecule has 41 heavy (non-hydrogen) atoms. The summed E-state index contributed by atoms with van der Waals surface area (Å²) in [4.78, 5) is 0. The van der Waals surface area contributed by atoms with Crippen molar-refractivity contribution >= 4 is 24.2 Å². The van der Waals surface area contributed by atoms with Crippen LogP contribution in [0.4, 0.5) is 0 Å². The fourth-order valence-electron chi connectivity index (χ4n) is 11.9. The molecule has 1 N–H and O–H groups in total. The Labute approximate surface area is 252 Å². The predicted octanol–water partition coefficient (Wildman–Crippen LogP) is 8.87. The van der Waals surface area contributed by atoms with Gasteiger partial charge in [-0.1, -0.05) is 62.5 Å². The first-order valence-corrected chi connectivity index (χ1v) is 19.3. The molecule has 0 spiro atoms. The summed E-state index contributed by atoms with van der Waals surface area (Å²) in [5.41, 5.74) is 2.69. The molecule has 0 aromatic heterocycles. The van der Waals surface area contributed by atoms with Crippen molar-refractivity contribution in [1.82, 2.24) is 4.72 Å². The van der Waals surface area contributed by atoms with Crippen LogP contribution in [-0.4, -0.2) is 19.3 Å². The molecule has 2 aromatic rings. The van der Waals surface area contributed by atoms with Crippen LogP contribution in [0.15, 0.2) is 54.6 Å². The van der Waals surface area contributed by atoms with Gasteiger partial charge in [0.2, 0.25) is 0 Å². The summed E-state index contributed by atoms with van der Waals surface area (Å²) in [6, 6.07) is 20.5. The minimum Gasteiger partial charge on any atom is -0.242 e. The van der Waals surface area contributed by atoms with Crippen molar-refractivity contribution in [3.05, 3.63) is 65.7 Å². The van der Waals surface area contributed by atoms with Crippen LogP contribution in [0, 0.1) is 35.5 Å². The number of hydrogen-bond donors (Lipinski definition) is 1. The highest BCUT2D eigenvalue weighted by atomic mass is 32.2. The Morgan fingerprint density at radius 2 is 1.10 bits per heavy atom. The lowest BCUT2D eigenvalue weighted by molar-refractivity contribution is 0.0195. The summed E-state index contributed by atoms with van der Waals surface area (Å²) in [7, 11) is -1.49. The smallest absolute Gasteiger partial charge is 0.0979 e. The third-order valence-corrected chi connectivity index (χ3v) is 17.8. The molecule has 8 fully saturated rings. The van der Waals surface area contributed by atoms with E-state index < -0.39 is 11.0 Å². The van der Waals surface area contributed by atoms with Crippen LogP contribution in [-0.2, 0) is 11.0 Å². The molecule has 2 atom stereocenters. The Morgan fingerprint density at radius 1 is 0.683 bits per heavy atom. The van der Waals surface area contributed by atoms with E-state index in [1.54, 1.807) is 5.30 Å². The molecule has 0 radical (unpaired) electrons. The van der Waals surface area contributed by atoms with Crippen molar-refractivity contribution < 1.29 is 4.21 Å². The Bertz CT molecular complexity index is 1200. The molecular weight excluding hydrogens is 537 g/mol. The van der Waals surface area contributed by atoms with Gasteiger partial charge in [0.05, 0.1) is 21.8 Å². The number of hydrogen-bond acceptors (Lipinski definition) is 1. The fourth-order valence-corrected chi connectivity index (χ4v) is 18.1. The third kappa shape index (κ3) is 4.75. The third-order valence-electron chi connectivity index (χ3n) is 12.4. The van der Waals surface area contributed by atoms with E-state index in [4.69, 9.17) is 0 Å². The molecular formula is C37H50NOPS. The van der Waals surface area contributed by atoms with Crippen LogP contribution in [0.1, 0.15) is 115 Å². The van der Waals surface area contributed by atoms with Crippen molar-refractivity contribution in [3.8, 4) is 0 Å². The van der Waals surface area contributed by atoms with Crippen LogP contribution in [0.2, 0.25) is 0 Å². The Hall–Kier alpha value is -1.02. The van der Waals surface area contributed by atoms with E-state index in [1.165, 1.54) is 88.2 Å². The number of rotatable bonds is 7.